The number of carbonyl (C=O) groups excluding carboxylic acids is 2. The Morgan fingerprint density at radius 1 is 0.763 bits per heavy atom. The first-order valence-electron chi connectivity index (χ1n) is 12.9. The Morgan fingerprint density at radius 2 is 1.39 bits per heavy atom. The quantitative estimate of drug-likeness (QED) is 0.221. The number of carbonyl (C=O) groups is 2. The summed E-state index contributed by atoms with van der Waals surface area (Å²) in [6, 6.07) is 13.8. The molecule has 38 heavy (non-hydrogen) atoms. The molecule has 0 spiro atoms. The molecule has 1 aliphatic rings. The third-order valence-electron chi connectivity index (χ3n) is 7.57. The van der Waals surface area contributed by atoms with Crippen LogP contribution in [-0.4, -0.2) is 32.6 Å². The van der Waals surface area contributed by atoms with Crippen molar-refractivity contribution in [2.24, 2.45) is 0 Å². The Morgan fingerprint density at radius 3 is 2.08 bits per heavy atom. The molecular weight excluding hydrogens is 478 g/mol. The highest BCUT2D eigenvalue weighted by molar-refractivity contribution is 6.31. The standard InChI is InChI=1S/C30H23N5O3/c1-2-3-4-5-6-7-14-34-28(36)20-11-10-19-23-22(13-12-21(24(20)23)29(34)37)30(38)35-26-18(16-32)9-8-17(15-31)25(26)33-27(19)35/h8-13H,2-7,14H2,1H3. The maximum absolute atomic E-state index is 13.8. The molecule has 0 atom stereocenters. The molecule has 0 saturated carbocycles. The van der Waals surface area contributed by atoms with Gasteiger partial charge in [0.1, 0.15) is 23.3 Å². The van der Waals surface area contributed by atoms with Gasteiger partial charge in [0.15, 0.2) is 0 Å². The third kappa shape index (κ3) is 3.20. The molecule has 0 bridgehead atoms. The number of unbranched alkanes of at least 4 members (excludes halogenated alkanes) is 5. The fraction of sp³-hybridized carbons (Fsp3) is 0.267. The first-order chi connectivity index (χ1) is 18.5. The van der Waals surface area contributed by atoms with E-state index >= 15 is 0 Å². The summed E-state index contributed by atoms with van der Waals surface area (Å²) in [5.74, 6) is -0.713. The summed E-state index contributed by atoms with van der Waals surface area (Å²) >= 11 is 0. The lowest BCUT2D eigenvalue weighted by atomic mass is 9.90. The van der Waals surface area contributed by atoms with E-state index in [1.165, 1.54) is 27.9 Å². The van der Waals surface area contributed by atoms with Gasteiger partial charge >= 0.3 is 0 Å². The second-order valence-electron chi connectivity index (χ2n) is 9.76. The molecule has 0 unspecified atom stereocenters. The summed E-state index contributed by atoms with van der Waals surface area (Å²) in [6.07, 6.45) is 6.27. The highest BCUT2D eigenvalue weighted by atomic mass is 16.2. The van der Waals surface area contributed by atoms with E-state index < -0.39 is 5.56 Å². The smallest absolute Gasteiger partial charge is 0.264 e. The summed E-state index contributed by atoms with van der Waals surface area (Å²) in [4.78, 5) is 46.7. The molecule has 2 amide bonds. The van der Waals surface area contributed by atoms with Crippen molar-refractivity contribution in [3.8, 4) is 12.1 Å². The highest BCUT2D eigenvalue weighted by Gasteiger charge is 2.34. The van der Waals surface area contributed by atoms with E-state index in [1.54, 1.807) is 24.3 Å². The van der Waals surface area contributed by atoms with Gasteiger partial charge in [-0.05, 0) is 42.8 Å². The topological polar surface area (TPSA) is 119 Å². The monoisotopic (exact) mass is 501 g/mol. The first-order valence-corrected chi connectivity index (χ1v) is 12.9. The zero-order chi connectivity index (χ0) is 26.6. The van der Waals surface area contributed by atoms with Crippen LogP contribution in [0.4, 0.5) is 0 Å². The first kappa shape index (κ1) is 23.6. The molecule has 5 aromatic rings. The normalized spacial score (nSPS) is 13.2. The van der Waals surface area contributed by atoms with Gasteiger partial charge in [-0.25, -0.2) is 4.98 Å². The van der Waals surface area contributed by atoms with E-state index in [-0.39, 0.29) is 39.6 Å². The number of nitrogens with zero attached hydrogens (tertiary/aromatic N) is 5. The summed E-state index contributed by atoms with van der Waals surface area (Å²) in [6.45, 7) is 2.52. The number of nitriles is 2. The summed E-state index contributed by atoms with van der Waals surface area (Å²) in [7, 11) is 0. The van der Waals surface area contributed by atoms with Crippen LogP contribution in [0.5, 0.6) is 0 Å². The predicted molar refractivity (Wildman–Crippen MR) is 143 cm³/mol. The van der Waals surface area contributed by atoms with Crippen molar-refractivity contribution in [2.75, 3.05) is 6.54 Å². The van der Waals surface area contributed by atoms with Crippen molar-refractivity contribution in [3.63, 3.8) is 0 Å². The molecule has 2 aromatic heterocycles. The van der Waals surface area contributed by atoms with Crippen molar-refractivity contribution < 1.29 is 9.59 Å². The summed E-state index contributed by atoms with van der Waals surface area (Å²) in [5.41, 5.74) is 1.68. The van der Waals surface area contributed by atoms with E-state index in [9.17, 15) is 24.9 Å². The minimum absolute atomic E-state index is 0.232. The van der Waals surface area contributed by atoms with Crippen LogP contribution in [0.25, 0.3) is 38.2 Å². The zero-order valence-corrected chi connectivity index (χ0v) is 20.9. The van der Waals surface area contributed by atoms with Crippen LogP contribution < -0.4 is 5.56 Å². The number of amides is 2. The van der Waals surface area contributed by atoms with Crippen LogP contribution >= 0.6 is 0 Å². The Bertz CT molecular complexity index is 1940. The lowest BCUT2D eigenvalue weighted by molar-refractivity contribution is 0.0608. The molecule has 8 heteroatoms. The van der Waals surface area contributed by atoms with Gasteiger partial charge in [0.05, 0.1) is 16.6 Å². The number of rotatable bonds is 7. The van der Waals surface area contributed by atoms with Gasteiger partial charge in [0.2, 0.25) is 0 Å². The fourth-order valence-corrected chi connectivity index (χ4v) is 5.71. The van der Waals surface area contributed by atoms with E-state index in [4.69, 9.17) is 0 Å². The van der Waals surface area contributed by atoms with Crippen LogP contribution in [0.3, 0.4) is 0 Å². The van der Waals surface area contributed by atoms with Gasteiger partial charge in [0.25, 0.3) is 17.4 Å². The van der Waals surface area contributed by atoms with Gasteiger partial charge in [-0.15, -0.1) is 0 Å². The Hall–Kier alpha value is -4.82. The van der Waals surface area contributed by atoms with Gasteiger partial charge in [-0.2, -0.15) is 10.5 Å². The molecule has 8 nitrogen and oxygen atoms in total. The van der Waals surface area contributed by atoms with Gasteiger partial charge < -0.3 is 0 Å². The molecule has 0 saturated heterocycles. The largest absolute Gasteiger partial charge is 0.274 e. The van der Waals surface area contributed by atoms with Gasteiger partial charge in [0, 0.05) is 39.2 Å². The average Bonchev–Trinajstić information content (AvgIpc) is 3.34. The fourth-order valence-electron chi connectivity index (χ4n) is 5.71. The number of benzene rings is 3. The SMILES string of the molecule is CCCCCCCCN1C(=O)c2ccc3c(=O)n4c(nc5c(C#N)ccc(C#N)c54)c4ccc(c2c34)C1=O. The second kappa shape index (κ2) is 8.93. The number of imidazole rings is 1. The Labute approximate surface area is 217 Å². The lowest BCUT2D eigenvalue weighted by Gasteiger charge is -2.28. The number of hydrogen-bond acceptors (Lipinski definition) is 6. The van der Waals surface area contributed by atoms with Crippen molar-refractivity contribution in [2.45, 2.75) is 45.4 Å². The molecule has 0 fully saturated rings. The van der Waals surface area contributed by atoms with E-state index in [1.807, 2.05) is 0 Å². The minimum Gasteiger partial charge on any atom is -0.274 e. The van der Waals surface area contributed by atoms with Crippen LogP contribution in [-0.2, 0) is 0 Å². The zero-order valence-electron chi connectivity index (χ0n) is 20.9. The maximum Gasteiger partial charge on any atom is 0.264 e. The summed E-state index contributed by atoms with van der Waals surface area (Å²) < 4.78 is 1.37. The van der Waals surface area contributed by atoms with Crippen molar-refractivity contribution in [1.82, 2.24) is 14.3 Å². The van der Waals surface area contributed by atoms with E-state index in [2.05, 4.69) is 24.0 Å². The second-order valence-corrected chi connectivity index (χ2v) is 9.76. The highest BCUT2D eigenvalue weighted by Crippen LogP contribution is 2.37. The molecule has 186 valence electrons. The number of pyridine rings is 1. The number of aromatic nitrogens is 2. The molecular formula is C30H23N5O3. The van der Waals surface area contributed by atoms with Crippen molar-refractivity contribution >= 4 is 50.0 Å². The Kier molecular flexibility index (Phi) is 5.54. The Balaban J connectivity index is 1.55. The molecule has 6 rings (SSSR count). The number of fused-ring (bicyclic) bond motifs is 4. The molecule has 3 aromatic carbocycles. The number of imide groups is 1. The molecule has 0 radical (unpaired) electrons. The third-order valence-corrected chi connectivity index (χ3v) is 7.57. The van der Waals surface area contributed by atoms with Crippen LogP contribution in [0, 0.1) is 22.7 Å². The molecule has 1 aliphatic heterocycles. The molecule has 0 aliphatic carbocycles. The van der Waals surface area contributed by atoms with Gasteiger partial charge in [-0.1, -0.05) is 39.0 Å². The van der Waals surface area contributed by atoms with E-state index in [0.717, 1.165) is 32.1 Å². The molecule has 3 heterocycles. The van der Waals surface area contributed by atoms with Gasteiger partial charge in [-0.3, -0.25) is 23.7 Å². The van der Waals surface area contributed by atoms with Crippen molar-refractivity contribution in [3.05, 3.63) is 69.0 Å². The summed E-state index contributed by atoms with van der Waals surface area (Å²) in [5, 5.41) is 21.2. The lowest BCUT2D eigenvalue weighted by Crippen LogP contribution is -2.41. The van der Waals surface area contributed by atoms with Crippen molar-refractivity contribution in [1.29, 1.82) is 10.5 Å². The average molecular weight is 502 g/mol. The maximum atomic E-state index is 13.8. The van der Waals surface area contributed by atoms with E-state index in [0.29, 0.717) is 39.2 Å². The molecule has 0 N–H and O–H groups in total. The van der Waals surface area contributed by atoms with Crippen LogP contribution in [0.1, 0.15) is 77.3 Å². The number of hydrogen-bond donors (Lipinski definition) is 0. The minimum atomic E-state index is -0.417. The van der Waals surface area contributed by atoms with Crippen LogP contribution in [0.2, 0.25) is 0 Å². The predicted octanol–water partition coefficient (Wildman–Crippen LogP) is 5.29. The van der Waals surface area contributed by atoms with Crippen LogP contribution in [0.15, 0.2) is 41.2 Å².